The van der Waals surface area contributed by atoms with Gasteiger partial charge >= 0.3 is 5.97 Å². The lowest BCUT2D eigenvalue weighted by atomic mass is 10.1. The molecule has 0 saturated carbocycles. The molecule has 2 rings (SSSR count). The van der Waals surface area contributed by atoms with E-state index in [0.29, 0.717) is 22.8 Å². The number of methoxy groups -OCH3 is 2. The Hall–Kier alpha value is -2.63. The molecule has 1 aromatic heterocycles. The topological polar surface area (TPSA) is 81.5 Å². The number of hydrogen-bond acceptors (Lipinski definition) is 5. The molecule has 0 atom stereocenters. The molecule has 98 valence electrons. The Bertz CT molecular complexity index is 613. The van der Waals surface area contributed by atoms with Crippen molar-refractivity contribution in [2.24, 2.45) is 0 Å². The molecule has 0 fully saturated rings. The van der Waals surface area contributed by atoms with Crippen molar-refractivity contribution in [2.45, 2.75) is 0 Å². The van der Waals surface area contributed by atoms with Crippen LogP contribution in [-0.2, 0) is 0 Å². The predicted octanol–water partition coefficient (Wildman–Crippen LogP) is 1.86. The molecule has 6 heteroatoms. The predicted molar refractivity (Wildman–Crippen MR) is 67.5 cm³/mol. The van der Waals surface area contributed by atoms with Crippen molar-refractivity contribution in [2.75, 3.05) is 14.2 Å². The van der Waals surface area contributed by atoms with Crippen LogP contribution in [0.1, 0.15) is 10.4 Å². The average molecular weight is 260 g/mol. The number of carboxylic acids is 1. The lowest BCUT2D eigenvalue weighted by Gasteiger charge is -2.10. The first-order valence-corrected chi connectivity index (χ1v) is 5.43. The van der Waals surface area contributed by atoms with E-state index in [1.54, 1.807) is 18.2 Å². The monoisotopic (exact) mass is 260 g/mol. The maximum absolute atomic E-state index is 11.1. The molecule has 0 aliphatic carbocycles. The lowest BCUT2D eigenvalue weighted by Crippen LogP contribution is -2.02. The fourth-order valence-corrected chi connectivity index (χ4v) is 1.70. The van der Waals surface area contributed by atoms with E-state index in [-0.39, 0.29) is 5.56 Å². The van der Waals surface area contributed by atoms with E-state index < -0.39 is 5.97 Å². The van der Waals surface area contributed by atoms with E-state index in [1.165, 1.54) is 26.7 Å². The Labute approximate surface area is 109 Å². The van der Waals surface area contributed by atoms with Crippen LogP contribution < -0.4 is 9.47 Å². The van der Waals surface area contributed by atoms with E-state index in [0.717, 1.165) is 0 Å². The third-order valence-electron chi connectivity index (χ3n) is 2.60. The van der Waals surface area contributed by atoms with Crippen LogP contribution in [0.15, 0.2) is 30.7 Å². The van der Waals surface area contributed by atoms with Crippen LogP contribution in [-0.4, -0.2) is 35.3 Å². The third kappa shape index (κ3) is 2.47. The van der Waals surface area contributed by atoms with Crippen LogP contribution >= 0.6 is 0 Å². The second-order valence-electron chi connectivity index (χ2n) is 3.66. The first-order valence-electron chi connectivity index (χ1n) is 5.43. The van der Waals surface area contributed by atoms with E-state index in [2.05, 4.69) is 9.97 Å². The highest BCUT2D eigenvalue weighted by atomic mass is 16.5. The minimum Gasteiger partial charge on any atom is -0.493 e. The van der Waals surface area contributed by atoms with Crippen molar-refractivity contribution in [3.8, 4) is 22.8 Å². The van der Waals surface area contributed by atoms with Gasteiger partial charge in [-0.15, -0.1) is 0 Å². The van der Waals surface area contributed by atoms with Gasteiger partial charge in [0.25, 0.3) is 0 Å². The van der Waals surface area contributed by atoms with Gasteiger partial charge in [-0.2, -0.15) is 0 Å². The Morgan fingerprint density at radius 1 is 1.21 bits per heavy atom. The highest BCUT2D eigenvalue weighted by Gasteiger charge is 2.15. The highest BCUT2D eigenvalue weighted by molar-refractivity contribution is 5.94. The van der Waals surface area contributed by atoms with E-state index in [9.17, 15) is 4.79 Å². The number of carbonyl (C=O) groups is 1. The summed E-state index contributed by atoms with van der Waals surface area (Å²) in [6.45, 7) is 0. The summed E-state index contributed by atoms with van der Waals surface area (Å²) in [5.74, 6) is -0.00230. The molecule has 6 nitrogen and oxygen atoms in total. The largest absolute Gasteiger partial charge is 0.493 e. The summed E-state index contributed by atoms with van der Waals surface area (Å²) in [5, 5.41) is 9.12. The molecular weight excluding hydrogens is 248 g/mol. The molecule has 2 aromatic rings. The van der Waals surface area contributed by atoms with Crippen molar-refractivity contribution < 1.29 is 19.4 Å². The van der Waals surface area contributed by atoms with E-state index >= 15 is 0 Å². The molecule has 0 unspecified atom stereocenters. The van der Waals surface area contributed by atoms with E-state index in [1.807, 2.05) is 0 Å². The van der Waals surface area contributed by atoms with Crippen LogP contribution in [0.3, 0.4) is 0 Å². The van der Waals surface area contributed by atoms with Crippen LogP contribution in [0.2, 0.25) is 0 Å². The van der Waals surface area contributed by atoms with Crippen LogP contribution in [0, 0.1) is 0 Å². The zero-order valence-electron chi connectivity index (χ0n) is 10.5. The molecule has 1 aromatic carbocycles. The molecule has 0 spiro atoms. The van der Waals surface area contributed by atoms with Gasteiger partial charge in [0.2, 0.25) is 0 Å². The fraction of sp³-hybridized carbons (Fsp3) is 0.154. The summed E-state index contributed by atoms with van der Waals surface area (Å²) in [6.07, 6.45) is 2.57. The Balaban J connectivity index is 2.56. The quantitative estimate of drug-likeness (QED) is 0.903. The summed E-state index contributed by atoms with van der Waals surface area (Å²) in [6, 6.07) is 5.09. The molecule has 0 saturated heterocycles. The number of aromatic carboxylic acids is 1. The summed E-state index contributed by atoms with van der Waals surface area (Å²) in [7, 11) is 3.05. The summed E-state index contributed by atoms with van der Waals surface area (Å²) in [4.78, 5) is 18.9. The second-order valence-corrected chi connectivity index (χ2v) is 3.66. The van der Waals surface area contributed by atoms with Crippen molar-refractivity contribution in [3.63, 3.8) is 0 Å². The molecule has 0 amide bonds. The highest BCUT2D eigenvalue weighted by Crippen LogP contribution is 2.32. The molecule has 1 heterocycles. The number of ether oxygens (including phenoxy) is 2. The molecular formula is C13H12N2O4. The Kier molecular flexibility index (Phi) is 3.61. The average Bonchev–Trinajstić information content (AvgIpc) is 2.46. The van der Waals surface area contributed by atoms with Gasteiger partial charge < -0.3 is 14.6 Å². The molecule has 0 aliphatic heterocycles. The Morgan fingerprint density at radius 2 is 1.95 bits per heavy atom. The normalized spacial score (nSPS) is 10.0. The van der Waals surface area contributed by atoms with Crippen LogP contribution in [0.4, 0.5) is 0 Å². The van der Waals surface area contributed by atoms with Gasteiger partial charge in [0.05, 0.1) is 19.9 Å². The number of nitrogens with zero attached hydrogens (tertiary/aromatic N) is 2. The second kappa shape index (κ2) is 5.34. The maximum Gasteiger partial charge on any atom is 0.339 e. The van der Waals surface area contributed by atoms with Crippen LogP contribution in [0.25, 0.3) is 11.3 Å². The fourth-order valence-electron chi connectivity index (χ4n) is 1.70. The van der Waals surface area contributed by atoms with Crippen molar-refractivity contribution in [1.29, 1.82) is 0 Å². The molecule has 19 heavy (non-hydrogen) atoms. The van der Waals surface area contributed by atoms with Gasteiger partial charge in [-0.3, -0.25) is 0 Å². The van der Waals surface area contributed by atoms with Crippen molar-refractivity contribution in [3.05, 3.63) is 36.3 Å². The zero-order valence-corrected chi connectivity index (χ0v) is 10.5. The number of benzene rings is 1. The summed E-state index contributed by atoms with van der Waals surface area (Å²) < 4.78 is 10.3. The van der Waals surface area contributed by atoms with Crippen molar-refractivity contribution in [1.82, 2.24) is 9.97 Å². The lowest BCUT2D eigenvalue weighted by molar-refractivity contribution is 0.0697. The van der Waals surface area contributed by atoms with E-state index in [4.69, 9.17) is 14.6 Å². The SMILES string of the molecule is COc1ccc(-c2ncncc2C(=O)O)cc1OC. The Morgan fingerprint density at radius 3 is 2.58 bits per heavy atom. The standard InChI is InChI=1S/C13H12N2O4/c1-18-10-4-3-8(5-11(10)19-2)12-9(13(16)17)6-14-7-15-12/h3-7H,1-2H3,(H,16,17). The van der Waals surface area contributed by atoms with Gasteiger partial charge in [-0.1, -0.05) is 0 Å². The van der Waals surface area contributed by atoms with Gasteiger partial charge in [-0.25, -0.2) is 14.8 Å². The smallest absolute Gasteiger partial charge is 0.339 e. The summed E-state index contributed by atoms with van der Waals surface area (Å²) >= 11 is 0. The van der Waals surface area contributed by atoms with Gasteiger partial charge in [0, 0.05) is 11.8 Å². The molecule has 0 radical (unpaired) electrons. The van der Waals surface area contributed by atoms with Gasteiger partial charge in [-0.05, 0) is 18.2 Å². The number of rotatable bonds is 4. The number of aromatic nitrogens is 2. The zero-order chi connectivity index (χ0) is 13.8. The maximum atomic E-state index is 11.1. The first-order chi connectivity index (χ1) is 9.17. The minimum atomic E-state index is -1.08. The van der Waals surface area contributed by atoms with Crippen molar-refractivity contribution >= 4 is 5.97 Å². The molecule has 0 bridgehead atoms. The number of carboxylic acid groups (broad SMARTS) is 1. The van der Waals surface area contributed by atoms with Crippen LogP contribution in [0.5, 0.6) is 11.5 Å². The van der Waals surface area contributed by atoms with Gasteiger partial charge in [0.1, 0.15) is 11.9 Å². The minimum absolute atomic E-state index is 0.0368. The molecule has 0 aliphatic rings. The molecule has 1 N–H and O–H groups in total. The van der Waals surface area contributed by atoms with Gasteiger partial charge in [0.15, 0.2) is 11.5 Å². The first kappa shape index (κ1) is 12.8. The third-order valence-corrected chi connectivity index (χ3v) is 2.60. The number of hydrogen-bond donors (Lipinski definition) is 1. The summed E-state index contributed by atoms with van der Waals surface area (Å²) in [5.41, 5.74) is 0.996.